The fraction of sp³-hybridized carbons (Fsp3) is 0.571. The second-order valence-electron chi connectivity index (χ2n) is 5.84. The van der Waals surface area contributed by atoms with Gasteiger partial charge in [-0.15, -0.1) is 0 Å². The molecule has 0 aliphatic carbocycles. The van der Waals surface area contributed by atoms with Gasteiger partial charge in [0.1, 0.15) is 6.10 Å². The average Bonchev–Trinajstić information content (AvgIpc) is 2.49. The molecule has 0 bridgehead atoms. The van der Waals surface area contributed by atoms with E-state index in [9.17, 15) is 71.0 Å². The Labute approximate surface area is 156 Å². The highest BCUT2D eigenvalue weighted by Crippen LogP contribution is 2.54. The largest absolute Gasteiger partial charge is 0.458 e. The first-order valence-electron chi connectivity index (χ1n) is 7.09. The lowest BCUT2D eigenvalue weighted by Gasteiger charge is -2.31. The summed E-state index contributed by atoms with van der Waals surface area (Å²) < 4.78 is 195. The van der Waals surface area contributed by atoms with Crippen LogP contribution in [0.25, 0.3) is 0 Å². The van der Waals surface area contributed by atoms with Crippen LogP contribution in [0.5, 0.6) is 0 Å². The van der Waals surface area contributed by atoms with Crippen molar-refractivity contribution in [2.75, 3.05) is 0 Å². The molecule has 0 N–H and O–H groups in total. The molecule has 1 nitrogen and oxygen atoms in total. The Bertz CT molecular complexity index is 735. The van der Waals surface area contributed by atoms with E-state index in [-0.39, 0.29) is 6.92 Å². The molecule has 1 aromatic carbocycles. The van der Waals surface area contributed by atoms with Gasteiger partial charge >= 0.3 is 36.3 Å². The van der Waals surface area contributed by atoms with Crippen LogP contribution in [0.2, 0.25) is 0 Å². The topological polar surface area (TPSA) is 19.9 Å². The third-order valence-electron chi connectivity index (χ3n) is 3.69. The van der Waals surface area contributed by atoms with Crippen LogP contribution >= 0.6 is 0 Å². The van der Waals surface area contributed by atoms with Gasteiger partial charge in [-0.05, 0) is 19.1 Å². The van der Waals surface area contributed by atoms with Crippen LogP contribution in [0.1, 0.15) is 35.3 Å². The van der Waals surface area contributed by atoms with E-state index in [0.29, 0.717) is 0 Å². The Balaban J connectivity index is 4.26. The second kappa shape index (κ2) is 7.09. The third kappa shape index (κ3) is 4.14. The smallest absolute Gasteiger partial charge is 0.228 e. The second-order valence-corrected chi connectivity index (χ2v) is 5.84. The van der Waals surface area contributed by atoms with Gasteiger partial charge in [0.25, 0.3) is 0 Å². The molecule has 0 aliphatic heterocycles. The summed E-state index contributed by atoms with van der Waals surface area (Å²) >= 11 is 0. The molecule has 0 amide bonds. The summed E-state index contributed by atoms with van der Waals surface area (Å²) in [6.07, 6.45) is -23.7. The number of halogens is 15. The lowest BCUT2D eigenvalue weighted by Crippen LogP contribution is -2.40. The van der Waals surface area contributed by atoms with Crippen molar-refractivity contribution in [1.82, 2.24) is 0 Å². The highest BCUT2D eigenvalue weighted by Gasteiger charge is 2.66. The van der Waals surface area contributed by atoms with Crippen molar-refractivity contribution in [3.63, 3.8) is 0 Å². The molecule has 1 atom stereocenters. The molecule has 0 spiro atoms. The summed E-state index contributed by atoms with van der Waals surface area (Å²) in [7, 11) is 0. The van der Waals surface area contributed by atoms with Gasteiger partial charge in [-0.3, -0.25) is 0 Å². The number of rotatable bonds is 4. The van der Waals surface area contributed by atoms with Gasteiger partial charge in [0.15, 0.2) is 0 Å². The van der Waals surface area contributed by atoms with Gasteiger partial charge in [0.2, 0.25) is 0 Å². The van der Waals surface area contributed by atoms with Crippen LogP contribution in [0.4, 0.5) is 65.9 Å². The van der Waals surface area contributed by atoms with Crippen LogP contribution in [-0.2, 0) is 22.9 Å². The maximum atomic E-state index is 13.7. The van der Waals surface area contributed by atoms with Crippen molar-refractivity contribution >= 4 is 0 Å². The zero-order valence-electron chi connectivity index (χ0n) is 13.8. The van der Waals surface area contributed by atoms with Crippen LogP contribution in [0.3, 0.4) is 0 Å². The molecule has 0 saturated heterocycles. The summed E-state index contributed by atoms with van der Waals surface area (Å²) in [4.78, 5) is 0. The van der Waals surface area contributed by atoms with Crippen molar-refractivity contribution in [1.29, 1.82) is 0 Å². The molecule has 16 heteroatoms. The first-order chi connectivity index (χ1) is 12.9. The van der Waals surface area contributed by atoms with Crippen molar-refractivity contribution in [3.05, 3.63) is 34.4 Å². The van der Waals surface area contributed by atoms with Crippen LogP contribution < -0.4 is 0 Å². The summed E-state index contributed by atoms with van der Waals surface area (Å²) in [6, 6.07) is -2.53. The third-order valence-corrected chi connectivity index (χ3v) is 3.69. The molecule has 173 valence electrons. The fourth-order valence-corrected chi connectivity index (χ4v) is 2.26. The molecule has 30 heavy (non-hydrogen) atoms. The summed E-state index contributed by atoms with van der Waals surface area (Å²) in [5.74, 6) is -19.5. The summed E-state index contributed by atoms with van der Waals surface area (Å²) in [5.41, 5.74) is -12.1. The standard InChI is InChI=1S/C14H6F15O/c1-4(30)8-6(10(17,18)13(24,25)26)2-5(9(15,16)12(21,22)23)3-7(8)11(19,20)14(27,28)29/h2-4H,1H3. The summed E-state index contributed by atoms with van der Waals surface area (Å²) in [6.45, 7) is 0.0167. The molecule has 1 aromatic rings. The predicted molar refractivity (Wildman–Crippen MR) is 65.4 cm³/mol. The Morgan fingerprint density at radius 1 is 0.567 bits per heavy atom. The number of benzene rings is 1. The predicted octanol–water partition coefficient (Wildman–Crippen LogP) is 7.14. The van der Waals surface area contributed by atoms with Crippen molar-refractivity contribution in [3.8, 4) is 0 Å². The van der Waals surface area contributed by atoms with Crippen LogP contribution in [-0.4, -0.2) is 18.5 Å². The minimum absolute atomic E-state index is 0.0167. The molecular formula is C14H6F15O. The van der Waals surface area contributed by atoms with E-state index >= 15 is 0 Å². The normalized spacial score (nSPS) is 16.0. The van der Waals surface area contributed by atoms with Crippen molar-refractivity contribution in [2.24, 2.45) is 0 Å². The van der Waals surface area contributed by atoms with Gasteiger partial charge in [0.05, 0.1) is 0 Å². The maximum Gasteiger partial charge on any atom is 0.458 e. The highest BCUT2D eigenvalue weighted by molar-refractivity contribution is 5.47. The van der Waals surface area contributed by atoms with E-state index in [2.05, 4.69) is 0 Å². The Morgan fingerprint density at radius 2 is 0.833 bits per heavy atom. The van der Waals surface area contributed by atoms with E-state index < -0.39 is 76.8 Å². The van der Waals surface area contributed by atoms with Crippen molar-refractivity contribution in [2.45, 2.75) is 49.3 Å². The molecule has 0 saturated carbocycles. The van der Waals surface area contributed by atoms with E-state index in [1.807, 2.05) is 0 Å². The lowest BCUT2D eigenvalue weighted by atomic mass is 9.86. The molecular weight excluding hydrogens is 469 g/mol. The van der Waals surface area contributed by atoms with Crippen molar-refractivity contribution < 1.29 is 71.0 Å². The maximum absolute atomic E-state index is 13.7. The van der Waals surface area contributed by atoms with E-state index in [4.69, 9.17) is 0 Å². The molecule has 0 fully saturated rings. The Hall–Kier alpha value is -1.87. The van der Waals surface area contributed by atoms with Gasteiger partial charge in [-0.1, -0.05) is 0 Å². The molecule has 1 radical (unpaired) electrons. The number of hydrogen-bond donors (Lipinski definition) is 0. The van der Waals surface area contributed by atoms with Gasteiger partial charge in [-0.2, -0.15) is 65.9 Å². The van der Waals surface area contributed by atoms with Gasteiger partial charge in [0, 0.05) is 22.3 Å². The van der Waals surface area contributed by atoms with E-state index in [1.54, 1.807) is 0 Å². The lowest BCUT2D eigenvalue weighted by molar-refractivity contribution is -0.296. The quantitative estimate of drug-likeness (QED) is 0.413. The Morgan fingerprint density at radius 3 is 1.03 bits per heavy atom. The van der Waals surface area contributed by atoms with E-state index in [0.717, 1.165) is 0 Å². The van der Waals surface area contributed by atoms with E-state index in [1.165, 1.54) is 0 Å². The Kier molecular flexibility index (Phi) is 6.18. The molecule has 0 aliphatic rings. The zero-order chi connectivity index (χ0) is 24.3. The highest BCUT2D eigenvalue weighted by atomic mass is 19.4. The average molecular weight is 475 g/mol. The van der Waals surface area contributed by atoms with Gasteiger partial charge in [-0.25, -0.2) is 5.11 Å². The first-order valence-corrected chi connectivity index (χ1v) is 7.09. The fourth-order valence-electron chi connectivity index (χ4n) is 2.26. The number of hydrogen-bond acceptors (Lipinski definition) is 0. The molecule has 1 rings (SSSR count). The molecule has 1 unspecified atom stereocenters. The summed E-state index contributed by atoms with van der Waals surface area (Å²) in [5, 5.41) is 11.5. The monoisotopic (exact) mass is 475 g/mol. The molecule has 0 heterocycles. The molecule has 0 aromatic heterocycles. The zero-order valence-corrected chi connectivity index (χ0v) is 13.8. The van der Waals surface area contributed by atoms with Crippen LogP contribution in [0, 0.1) is 0 Å². The SMILES string of the molecule is CC([O])c1c(C(F)(F)C(F)(F)F)cc(C(F)(F)C(F)(F)F)cc1C(F)(F)C(F)(F)F. The van der Waals surface area contributed by atoms with Gasteiger partial charge < -0.3 is 0 Å². The minimum Gasteiger partial charge on any atom is -0.228 e. The van der Waals surface area contributed by atoms with Crippen LogP contribution in [0.15, 0.2) is 12.1 Å². The first kappa shape index (κ1) is 26.2. The number of alkyl halides is 15. The minimum atomic E-state index is -6.85.